The maximum atomic E-state index is 14.0. The Morgan fingerprint density at radius 2 is 1.88 bits per heavy atom. The maximum absolute atomic E-state index is 14.0. The molecule has 1 aliphatic carbocycles. The summed E-state index contributed by atoms with van der Waals surface area (Å²) in [6.45, 7) is 0.415. The third-order valence-electron chi connectivity index (χ3n) is 3.87. The number of fused-ring (bicyclic) bond motifs is 1. The Morgan fingerprint density at radius 3 is 2.59 bits per heavy atom. The average molecular weight is 239 g/mol. The molecule has 0 atom stereocenters. The highest BCUT2D eigenvalue weighted by Gasteiger charge is 2.39. The molecule has 1 fully saturated rings. The van der Waals surface area contributed by atoms with Gasteiger partial charge in [0.2, 0.25) is 0 Å². The average Bonchev–Trinajstić information content (AvgIpc) is 2.87. The van der Waals surface area contributed by atoms with Crippen LogP contribution in [-0.2, 0) is 12.0 Å². The first kappa shape index (κ1) is 11.0. The fourth-order valence-corrected chi connectivity index (χ4v) is 3.01. The van der Waals surface area contributed by atoms with Crippen LogP contribution in [0, 0.1) is 11.6 Å². The second-order valence-electron chi connectivity index (χ2n) is 4.98. The van der Waals surface area contributed by atoms with E-state index >= 15 is 0 Å². The maximum Gasteiger partial charge on any atom is 0.134 e. The molecule has 2 nitrogen and oxygen atoms in total. The van der Waals surface area contributed by atoms with Gasteiger partial charge in [0.05, 0.1) is 12.2 Å². The molecule has 0 amide bonds. The van der Waals surface area contributed by atoms with E-state index in [9.17, 15) is 8.78 Å². The molecule has 3 rings (SSSR count). The SMILES string of the molecule is NC1(c2c(F)cc(F)c3c2OCC3)CCCC1. The molecule has 2 N–H and O–H groups in total. The van der Waals surface area contributed by atoms with Crippen LogP contribution in [-0.4, -0.2) is 6.61 Å². The fraction of sp³-hybridized carbons (Fsp3) is 0.538. The molecule has 1 heterocycles. The Morgan fingerprint density at radius 1 is 1.18 bits per heavy atom. The van der Waals surface area contributed by atoms with E-state index in [1.165, 1.54) is 0 Å². The van der Waals surface area contributed by atoms with E-state index in [4.69, 9.17) is 10.5 Å². The topological polar surface area (TPSA) is 35.2 Å². The van der Waals surface area contributed by atoms with Gasteiger partial charge in [-0.2, -0.15) is 0 Å². The summed E-state index contributed by atoms with van der Waals surface area (Å²) in [5.41, 5.74) is 6.46. The number of nitrogens with two attached hydrogens (primary N) is 1. The Hall–Kier alpha value is -1.16. The Balaban J connectivity index is 2.19. The van der Waals surface area contributed by atoms with Gasteiger partial charge in [-0.05, 0) is 12.8 Å². The van der Waals surface area contributed by atoms with Gasteiger partial charge in [0.1, 0.15) is 17.4 Å². The summed E-state index contributed by atoms with van der Waals surface area (Å²) in [7, 11) is 0. The van der Waals surface area contributed by atoms with Crippen molar-refractivity contribution >= 4 is 0 Å². The van der Waals surface area contributed by atoms with Crippen molar-refractivity contribution in [2.24, 2.45) is 5.73 Å². The van der Waals surface area contributed by atoms with Gasteiger partial charge in [0, 0.05) is 23.6 Å². The molecule has 0 unspecified atom stereocenters. The van der Waals surface area contributed by atoms with Gasteiger partial charge in [-0.3, -0.25) is 0 Å². The van der Waals surface area contributed by atoms with Gasteiger partial charge < -0.3 is 10.5 Å². The normalized spacial score (nSPS) is 21.4. The van der Waals surface area contributed by atoms with Gasteiger partial charge >= 0.3 is 0 Å². The predicted molar refractivity (Wildman–Crippen MR) is 59.9 cm³/mol. The second-order valence-corrected chi connectivity index (χ2v) is 4.98. The van der Waals surface area contributed by atoms with Crippen LogP contribution in [0.2, 0.25) is 0 Å². The molecule has 1 saturated carbocycles. The van der Waals surface area contributed by atoms with Crippen LogP contribution in [0.1, 0.15) is 36.8 Å². The lowest BCUT2D eigenvalue weighted by Gasteiger charge is -2.26. The van der Waals surface area contributed by atoms with Crippen LogP contribution in [0.5, 0.6) is 5.75 Å². The first-order valence-electron chi connectivity index (χ1n) is 6.05. The van der Waals surface area contributed by atoms with E-state index in [0.29, 0.717) is 29.9 Å². The number of ether oxygens (including phenoxy) is 1. The van der Waals surface area contributed by atoms with Crippen LogP contribution in [0.3, 0.4) is 0 Å². The highest BCUT2D eigenvalue weighted by atomic mass is 19.1. The van der Waals surface area contributed by atoms with Crippen LogP contribution in [0.4, 0.5) is 8.78 Å². The van der Waals surface area contributed by atoms with Crippen molar-refractivity contribution in [3.63, 3.8) is 0 Å². The van der Waals surface area contributed by atoms with Crippen molar-refractivity contribution in [1.82, 2.24) is 0 Å². The molecule has 92 valence electrons. The van der Waals surface area contributed by atoms with Crippen molar-refractivity contribution in [2.45, 2.75) is 37.6 Å². The van der Waals surface area contributed by atoms with Gasteiger partial charge in [0.25, 0.3) is 0 Å². The summed E-state index contributed by atoms with van der Waals surface area (Å²) in [4.78, 5) is 0. The molecule has 0 bridgehead atoms. The van der Waals surface area contributed by atoms with E-state index in [2.05, 4.69) is 0 Å². The second kappa shape index (κ2) is 3.67. The number of benzene rings is 1. The summed E-state index contributed by atoms with van der Waals surface area (Å²) in [6, 6.07) is 0.954. The van der Waals surface area contributed by atoms with E-state index in [1.54, 1.807) is 0 Å². The van der Waals surface area contributed by atoms with Crippen LogP contribution in [0.15, 0.2) is 6.07 Å². The van der Waals surface area contributed by atoms with Crippen molar-refractivity contribution in [3.05, 3.63) is 28.8 Å². The number of rotatable bonds is 1. The van der Waals surface area contributed by atoms with E-state index < -0.39 is 17.2 Å². The fourth-order valence-electron chi connectivity index (χ4n) is 3.01. The largest absolute Gasteiger partial charge is 0.492 e. The van der Waals surface area contributed by atoms with Crippen molar-refractivity contribution < 1.29 is 13.5 Å². The van der Waals surface area contributed by atoms with Crippen molar-refractivity contribution in [1.29, 1.82) is 0 Å². The van der Waals surface area contributed by atoms with Gasteiger partial charge in [-0.1, -0.05) is 12.8 Å². The lowest BCUT2D eigenvalue weighted by molar-refractivity contribution is 0.332. The number of hydrogen-bond donors (Lipinski definition) is 1. The molecule has 0 saturated heterocycles. The highest BCUT2D eigenvalue weighted by Crippen LogP contribution is 2.45. The minimum absolute atomic E-state index is 0.368. The van der Waals surface area contributed by atoms with E-state index in [1.807, 2.05) is 0 Å². The summed E-state index contributed by atoms with van der Waals surface area (Å²) >= 11 is 0. The van der Waals surface area contributed by atoms with E-state index in [-0.39, 0.29) is 0 Å². The van der Waals surface area contributed by atoms with Gasteiger partial charge in [0.15, 0.2) is 0 Å². The molecule has 1 aromatic carbocycles. The lowest BCUT2D eigenvalue weighted by Crippen LogP contribution is -2.34. The zero-order valence-electron chi connectivity index (χ0n) is 9.56. The molecule has 0 radical (unpaired) electrons. The summed E-state index contributed by atoms with van der Waals surface area (Å²) in [5.74, 6) is -0.709. The van der Waals surface area contributed by atoms with E-state index in [0.717, 1.165) is 31.7 Å². The Bertz CT molecular complexity index is 467. The summed E-state index contributed by atoms with van der Waals surface area (Å²) in [5, 5.41) is 0. The molecule has 0 aromatic heterocycles. The molecule has 2 aliphatic rings. The standard InChI is InChI=1S/C13H15F2NO/c14-9-7-10(15)11(12-8(9)3-6-17-12)13(16)4-1-2-5-13/h7H,1-6,16H2. The van der Waals surface area contributed by atoms with Crippen molar-refractivity contribution in [3.8, 4) is 5.75 Å². The Kier molecular flexibility index (Phi) is 2.36. The molecular formula is C13H15F2NO. The zero-order valence-corrected chi connectivity index (χ0v) is 9.56. The number of halogens is 2. The lowest BCUT2D eigenvalue weighted by atomic mass is 9.86. The van der Waals surface area contributed by atoms with Crippen LogP contribution < -0.4 is 10.5 Å². The van der Waals surface area contributed by atoms with Gasteiger partial charge in [-0.25, -0.2) is 8.78 Å². The first-order valence-corrected chi connectivity index (χ1v) is 6.05. The quantitative estimate of drug-likeness (QED) is 0.817. The van der Waals surface area contributed by atoms with Crippen molar-refractivity contribution in [2.75, 3.05) is 6.61 Å². The summed E-state index contributed by atoms with van der Waals surface area (Å²) in [6.07, 6.45) is 3.96. The third kappa shape index (κ3) is 1.54. The Labute approximate surface area is 98.8 Å². The smallest absolute Gasteiger partial charge is 0.134 e. The molecule has 1 aliphatic heterocycles. The first-order chi connectivity index (χ1) is 8.12. The molecule has 0 spiro atoms. The minimum Gasteiger partial charge on any atom is -0.492 e. The zero-order chi connectivity index (χ0) is 12.0. The monoisotopic (exact) mass is 239 g/mol. The molecule has 4 heteroatoms. The minimum atomic E-state index is -0.674. The third-order valence-corrected chi connectivity index (χ3v) is 3.87. The molecule has 1 aromatic rings. The highest BCUT2D eigenvalue weighted by molar-refractivity contribution is 5.49. The van der Waals surface area contributed by atoms with Gasteiger partial charge in [-0.15, -0.1) is 0 Å². The van der Waals surface area contributed by atoms with Crippen LogP contribution in [0.25, 0.3) is 0 Å². The molecule has 17 heavy (non-hydrogen) atoms. The summed E-state index contributed by atoms with van der Waals surface area (Å²) < 4.78 is 33.0. The van der Waals surface area contributed by atoms with Crippen LogP contribution >= 0.6 is 0 Å². The predicted octanol–water partition coefficient (Wildman–Crippen LogP) is 2.63. The number of hydrogen-bond acceptors (Lipinski definition) is 2. The molecular weight excluding hydrogens is 224 g/mol.